The second-order valence-electron chi connectivity index (χ2n) is 11.1. The number of nitrogens with zero attached hydrogens (tertiary/aromatic N) is 4. The Kier molecular flexibility index (Phi) is 7.31. The summed E-state index contributed by atoms with van der Waals surface area (Å²) >= 11 is 0. The number of piperidine rings is 1. The van der Waals surface area contributed by atoms with Gasteiger partial charge in [-0.3, -0.25) is 4.79 Å². The lowest BCUT2D eigenvalue weighted by molar-refractivity contribution is -0.118. The molecule has 0 spiro atoms. The lowest BCUT2D eigenvalue weighted by Gasteiger charge is -2.35. The molecule has 38 heavy (non-hydrogen) atoms. The number of likely N-dealkylation sites (tertiary alicyclic amines) is 1. The zero-order chi connectivity index (χ0) is 26.7. The number of ether oxygens (including phenoxy) is 1. The van der Waals surface area contributed by atoms with Gasteiger partial charge >= 0.3 is 6.09 Å². The van der Waals surface area contributed by atoms with Gasteiger partial charge in [-0.1, -0.05) is 60.7 Å². The Labute approximate surface area is 224 Å². The van der Waals surface area contributed by atoms with Crippen LogP contribution in [0, 0.1) is 5.92 Å². The quantitative estimate of drug-likeness (QED) is 0.477. The SMILES string of the molecule is CC(C)(C)OC(=O)N1CCC(C2C(=O)Nc3c2ncnc3N(Cc2ccccc2)Cc2ccccc2)CC1. The van der Waals surface area contributed by atoms with E-state index in [1.165, 1.54) is 0 Å². The molecule has 8 nitrogen and oxygen atoms in total. The number of amides is 2. The third-order valence-corrected chi connectivity index (χ3v) is 7.08. The molecule has 8 heteroatoms. The van der Waals surface area contributed by atoms with Crippen LogP contribution in [0.25, 0.3) is 0 Å². The molecular weight excluding hydrogens is 478 g/mol. The Bertz CT molecular complexity index is 1230. The van der Waals surface area contributed by atoms with Crippen LogP contribution >= 0.6 is 0 Å². The molecule has 1 saturated heterocycles. The van der Waals surface area contributed by atoms with Crippen LogP contribution in [-0.4, -0.2) is 45.6 Å². The summed E-state index contributed by atoms with van der Waals surface area (Å²) in [6, 6.07) is 20.5. The summed E-state index contributed by atoms with van der Waals surface area (Å²) in [5.74, 6) is 0.416. The molecule has 0 bridgehead atoms. The van der Waals surface area contributed by atoms with Gasteiger partial charge in [0.05, 0.1) is 11.6 Å². The minimum absolute atomic E-state index is 0.0446. The highest BCUT2D eigenvalue weighted by Gasteiger charge is 2.42. The molecule has 1 aromatic heterocycles. The predicted octanol–water partition coefficient (Wildman–Crippen LogP) is 5.37. The fraction of sp³-hybridized carbons (Fsp3) is 0.400. The highest BCUT2D eigenvalue weighted by Crippen LogP contribution is 2.44. The van der Waals surface area contributed by atoms with Crippen LogP contribution in [0.15, 0.2) is 67.0 Å². The number of hydrogen-bond acceptors (Lipinski definition) is 6. The van der Waals surface area contributed by atoms with Crippen LogP contribution in [0.5, 0.6) is 0 Å². The number of benzene rings is 2. The van der Waals surface area contributed by atoms with Crippen molar-refractivity contribution >= 4 is 23.5 Å². The van der Waals surface area contributed by atoms with Crippen molar-refractivity contribution in [1.82, 2.24) is 14.9 Å². The van der Waals surface area contributed by atoms with Crippen molar-refractivity contribution in [1.29, 1.82) is 0 Å². The second kappa shape index (κ2) is 10.8. The van der Waals surface area contributed by atoms with Crippen LogP contribution in [-0.2, 0) is 22.6 Å². The summed E-state index contributed by atoms with van der Waals surface area (Å²) in [5.41, 5.74) is 3.24. The number of anilines is 2. The maximum absolute atomic E-state index is 13.3. The summed E-state index contributed by atoms with van der Waals surface area (Å²) in [6.07, 6.45) is 2.71. The number of aromatic nitrogens is 2. The molecule has 3 aromatic rings. The van der Waals surface area contributed by atoms with Crippen molar-refractivity contribution < 1.29 is 14.3 Å². The fourth-order valence-corrected chi connectivity index (χ4v) is 5.30. The van der Waals surface area contributed by atoms with E-state index in [1.807, 2.05) is 57.2 Å². The maximum atomic E-state index is 13.3. The molecule has 1 N–H and O–H groups in total. The Hall–Kier alpha value is -3.94. The molecule has 2 aromatic carbocycles. The molecule has 0 aliphatic carbocycles. The molecule has 2 amide bonds. The van der Waals surface area contributed by atoms with Crippen molar-refractivity contribution in [3.63, 3.8) is 0 Å². The zero-order valence-corrected chi connectivity index (χ0v) is 22.3. The van der Waals surface area contributed by atoms with E-state index in [0.29, 0.717) is 44.7 Å². The third kappa shape index (κ3) is 5.79. The average molecular weight is 514 g/mol. The molecule has 0 radical (unpaired) electrons. The zero-order valence-electron chi connectivity index (χ0n) is 22.3. The van der Waals surface area contributed by atoms with Gasteiger partial charge in [-0.2, -0.15) is 0 Å². The monoisotopic (exact) mass is 513 g/mol. The maximum Gasteiger partial charge on any atom is 0.410 e. The molecule has 2 aliphatic heterocycles. The fourth-order valence-electron chi connectivity index (χ4n) is 5.30. The minimum Gasteiger partial charge on any atom is -0.444 e. The number of hydrogen-bond donors (Lipinski definition) is 1. The van der Waals surface area contributed by atoms with Gasteiger partial charge in [0, 0.05) is 26.2 Å². The lowest BCUT2D eigenvalue weighted by Crippen LogP contribution is -2.43. The summed E-state index contributed by atoms with van der Waals surface area (Å²) in [7, 11) is 0. The Morgan fingerprint density at radius 1 is 0.974 bits per heavy atom. The third-order valence-electron chi connectivity index (χ3n) is 7.08. The Morgan fingerprint density at radius 2 is 1.55 bits per heavy atom. The molecule has 1 unspecified atom stereocenters. The van der Waals surface area contributed by atoms with Crippen LogP contribution in [0.2, 0.25) is 0 Å². The van der Waals surface area contributed by atoms with Crippen molar-refractivity contribution in [2.75, 3.05) is 23.3 Å². The van der Waals surface area contributed by atoms with E-state index >= 15 is 0 Å². The number of carbonyl (C=O) groups is 2. The molecule has 1 fully saturated rings. The molecule has 0 saturated carbocycles. The van der Waals surface area contributed by atoms with Gasteiger partial charge in [0.2, 0.25) is 5.91 Å². The minimum atomic E-state index is -0.531. The van der Waals surface area contributed by atoms with Gasteiger partial charge < -0.3 is 19.9 Å². The van der Waals surface area contributed by atoms with Crippen molar-refractivity contribution in [3.8, 4) is 0 Å². The first kappa shape index (κ1) is 25.7. The van der Waals surface area contributed by atoms with E-state index in [-0.39, 0.29) is 23.8 Å². The smallest absolute Gasteiger partial charge is 0.410 e. The molecular formula is C30H35N5O3. The highest BCUT2D eigenvalue weighted by atomic mass is 16.6. The standard InChI is InChI=1S/C30H35N5O3/c1-30(2,3)38-29(37)34-16-14-23(15-17-34)24-25-26(33-28(24)36)27(32-20-31-25)35(18-21-10-6-4-7-11-21)19-22-12-8-5-9-13-22/h4-13,20,23-24H,14-19H2,1-3H3,(H,33,36). The average Bonchev–Trinajstić information content (AvgIpc) is 3.24. The normalized spacial score (nSPS) is 17.6. The lowest BCUT2D eigenvalue weighted by atomic mass is 9.83. The van der Waals surface area contributed by atoms with E-state index in [2.05, 4.69) is 44.5 Å². The van der Waals surface area contributed by atoms with Gasteiger partial charge in [0.15, 0.2) is 5.82 Å². The molecule has 198 valence electrons. The van der Waals surface area contributed by atoms with Crippen LogP contribution < -0.4 is 10.2 Å². The van der Waals surface area contributed by atoms with Gasteiger partial charge in [0.25, 0.3) is 0 Å². The van der Waals surface area contributed by atoms with Gasteiger partial charge in [-0.15, -0.1) is 0 Å². The van der Waals surface area contributed by atoms with Gasteiger partial charge in [-0.05, 0) is 50.7 Å². The van der Waals surface area contributed by atoms with Crippen molar-refractivity contribution in [2.45, 2.75) is 58.2 Å². The summed E-state index contributed by atoms with van der Waals surface area (Å²) in [5, 5.41) is 3.12. The van der Waals surface area contributed by atoms with Crippen LogP contribution in [0.3, 0.4) is 0 Å². The second-order valence-corrected chi connectivity index (χ2v) is 11.1. The summed E-state index contributed by atoms with van der Waals surface area (Å²) < 4.78 is 5.54. The number of fused-ring (bicyclic) bond motifs is 1. The first-order valence-corrected chi connectivity index (χ1v) is 13.2. The Morgan fingerprint density at radius 3 is 2.11 bits per heavy atom. The number of nitrogens with one attached hydrogen (secondary N) is 1. The number of rotatable bonds is 6. The highest BCUT2D eigenvalue weighted by molar-refractivity contribution is 6.05. The molecule has 1 atom stereocenters. The first-order chi connectivity index (χ1) is 18.3. The topological polar surface area (TPSA) is 87.7 Å². The predicted molar refractivity (Wildman–Crippen MR) is 147 cm³/mol. The molecule has 5 rings (SSSR count). The summed E-state index contributed by atoms with van der Waals surface area (Å²) in [6.45, 7) is 8.02. The van der Waals surface area contributed by atoms with Crippen LogP contribution in [0.1, 0.15) is 56.4 Å². The van der Waals surface area contributed by atoms with Gasteiger partial charge in [-0.25, -0.2) is 14.8 Å². The Balaban J connectivity index is 1.38. The van der Waals surface area contributed by atoms with Crippen molar-refractivity contribution in [2.24, 2.45) is 5.92 Å². The van der Waals surface area contributed by atoms with Crippen molar-refractivity contribution in [3.05, 3.63) is 83.8 Å². The number of carbonyl (C=O) groups excluding carboxylic acids is 2. The molecule has 2 aliphatic rings. The van der Waals surface area contributed by atoms with E-state index in [9.17, 15) is 9.59 Å². The molecule has 3 heterocycles. The van der Waals surface area contributed by atoms with E-state index in [0.717, 1.165) is 22.6 Å². The van der Waals surface area contributed by atoms with Crippen LogP contribution in [0.4, 0.5) is 16.3 Å². The van der Waals surface area contributed by atoms with E-state index < -0.39 is 5.60 Å². The first-order valence-electron chi connectivity index (χ1n) is 13.2. The summed E-state index contributed by atoms with van der Waals surface area (Å²) in [4.78, 5) is 39.0. The van der Waals surface area contributed by atoms with Gasteiger partial charge in [0.1, 0.15) is 17.6 Å². The van der Waals surface area contributed by atoms with E-state index in [4.69, 9.17) is 4.74 Å². The van der Waals surface area contributed by atoms with E-state index in [1.54, 1.807) is 11.2 Å². The largest absolute Gasteiger partial charge is 0.444 e.